The van der Waals surface area contributed by atoms with E-state index < -0.39 is 14.5 Å². The molecule has 0 bridgehead atoms. The Labute approximate surface area is 184 Å². The molecule has 0 spiro atoms. The van der Waals surface area contributed by atoms with E-state index in [0.717, 1.165) is 0 Å². The number of aromatic amines is 1. The Morgan fingerprint density at radius 2 is 1.69 bits per heavy atom. The fraction of sp³-hybridized carbons (Fsp3) is 0.167. The van der Waals surface area contributed by atoms with Crippen LogP contribution in [0.5, 0.6) is 11.5 Å². The van der Waals surface area contributed by atoms with Crippen molar-refractivity contribution in [3.8, 4) is 22.6 Å². The molecule has 0 unspecified atom stereocenters. The first-order valence-corrected chi connectivity index (χ1v) is 9.43. The van der Waals surface area contributed by atoms with Gasteiger partial charge in [0.2, 0.25) is 5.78 Å². The van der Waals surface area contributed by atoms with Gasteiger partial charge in [-0.25, -0.2) is 4.98 Å². The zero-order valence-corrected chi connectivity index (χ0v) is 17.9. The van der Waals surface area contributed by atoms with Gasteiger partial charge < -0.3 is 19.6 Å². The third-order valence-electron chi connectivity index (χ3n) is 4.23. The first-order chi connectivity index (χ1) is 13.6. The van der Waals surface area contributed by atoms with E-state index >= 15 is 0 Å². The van der Waals surface area contributed by atoms with E-state index in [2.05, 4.69) is 4.98 Å². The highest BCUT2D eigenvalue weighted by molar-refractivity contribution is 6.77. The van der Waals surface area contributed by atoms with Gasteiger partial charge in [0.15, 0.2) is 5.52 Å². The lowest BCUT2D eigenvalue weighted by Crippen LogP contribution is -2.20. The van der Waals surface area contributed by atoms with Crippen molar-refractivity contribution >= 4 is 68.9 Å². The van der Waals surface area contributed by atoms with E-state index in [4.69, 9.17) is 55.9 Å². The topological polar surface area (TPSA) is 94.5 Å². The average Bonchev–Trinajstić information content (AvgIpc) is 3.06. The van der Waals surface area contributed by atoms with Crippen molar-refractivity contribution in [3.05, 3.63) is 51.0 Å². The summed E-state index contributed by atoms with van der Waals surface area (Å²) in [6.07, 6.45) is 0. The second-order valence-corrected chi connectivity index (χ2v) is 8.56. The van der Waals surface area contributed by atoms with E-state index in [1.165, 1.54) is 20.3 Å². The van der Waals surface area contributed by atoms with Crippen LogP contribution in [-0.2, 0) is 0 Å². The summed E-state index contributed by atoms with van der Waals surface area (Å²) in [5, 5.41) is 12.5. The van der Waals surface area contributed by atoms with Crippen LogP contribution in [-0.4, -0.2) is 33.7 Å². The fourth-order valence-electron chi connectivity index (χ4n) is 3.03. The smallest absolute Gasteiger partial charge is 0.330 e. The van der Waals surface area contributed by atoms with E-state index in [1.807, 2.05) is 0 Å². The van der Waals surface area contributed by atoms with Crippen LogP contribution in [0.4, 0.5) is 5.82 Å². The maximum absolute atomic E-state index is 12.8. The van der Waals surface area contributed by atoms with Crippen LogP contribution in [0.3, 0.4) is 0 Å². The Balaban J connectivity index is 2.52. The summed E-state index contributed by atoms with van der Waals surface area (Å²) in [6, 6.07) is 7.80. The predicted molar refractivity (Wildman–Crippen MR) is 113 cm³/mol. The standard InChI is InChI=1S/C18H12Cl4N2O5/c1-28-10-7-11(29-2)14(16(25)18(20,21)22)15-13(10)12(17(23-15)24(26)27)8-3-5-9(19)6-4-8/h3-7,23H,1-2H3. The molecular weight excluding hydrogens is 466 g/mol. The van der Waals surface area contributed by atoms with Crippen molar-refractivity contribution in [1.29, 1.82) is 0 Å². The molecule has 1 N–H and O–H groups in total. The summed E-state index contributed by atoms with van der Waals surface area (Å²) in [6.45, 7) is 0. The number of carbonyl (C=O) groups excluding carboxylic acids is 1. The Kier molecular flexibility index (Phi) is 5.87. The molecule has 152 valence electrons. The molecule has 1 heterocycles. The molecule has 0 radical (unpaired) electrons. The lowest BCUT2D eigenvalue weighted by atomic mass is 9.99. The zero-order valence-electron chi connectivity index (χ0n) is 14.9. The number of fused-ring (bicyclic) bond motifs is 1. The zero-order chi connectivity index (χ0) is 21.5. The number of nitro groups is 1. The number of benzene rings is 2. The van der Waals surface area contributed by atoms with Gasteiger partial charge in [-0.2, -0.15) is 0 Å². The van der Waals surface area contributed by atoms with Crippen LogP contribution in [0.2, 0.25) is 5.02 Å². The van der Waals surface area contributed by atoms with Crippen LogP contribution < -0.4 is 9.47 Å². The molecular formula is C18H12Cl4N2O5. The molecule has 0 aliphatic rings. The highest BCUT2D eigenvalue weighted by Crippen LogP contribution is 2.47. The van der Waals surface area contributed by atoms with Crippen molar-refractivity contribution in [2.75, 3.05) is 14.2 Å². The molecule has 2 aromatic carbocycles. The lowest BCUT2D eigenvalue weighted by molar-refractivity contribution is -0.388. The number of hydrogen-bond acceptors (Lipinski definition) is 5. The average molecular weight is 478 g/mol. The number of ether oxygens (including phenoxy) is 2. The largest absolute Gasteiger partial charge is 0.496 e. The maximum atomic E-state index is 12.8. The third kappa shape index (κ3) is 3.83. The number of carbonyl (C=O) groups is 1. The summed E-state index contributed by atoms with van der Waals surface area (Å²) in [5.41, 5.74) is 0.573. The molecule has 0 aliphatic heterocycles. The van der Waals surface area contributed by atoms with Gasteiger partial charge in [0.1, 0.15) is 17.1 Å². The normalized spacial score (nSPS) is 11.5. The van der Waals surface area contributed by atoms with Crippen molar-refractivity contribution in [2.45, 2.75) is 3.79 Å². The van der Waals surface area contributed by atoms with Crippen LogP contribution in [0.1, 0.15) is 10.4 Å². The van der Waals surface area contributed by atoms with Gasteiger partial charge in [0.25, 0.3) is 3.79 Å². The van der Waals surface area contributed by atoms with Crippen molar-refractivity contribution < 1.29 is 19.2 Å². The minimum atomic E-state index is -2.31. The number of aromatic nitrogens is 1. The van der Waals surface area contributed by atoms with Crippen molar-refractivity contribution in [1.82, 2.24) is 4.98 Å². The molecule has 0 saturated heterocycles. The monoisotopic (exact) mass is 476 g/mol. The summed E-state index contributed by atoms with van der Waals surface area (Å²) >= 11 is 23.3. The first-order valence-electron chi connectivity index (χ1n) is 7.92. The van der Waals surface area contributed by atoms with Crippen LogP contribution in [0.15, 0.2) is 30.3 Å². The SMILES string of the molecule is COc1cc(OC)c2c(-c3ccc(Cl)cc3)c([N+](=O)[O-])[nH]c2c1C(=O)C(Cl)(Cl)Cl. The number of ketones is 1. The number of nitrogens with zero attached hydrogens (tertiary/aromatic N) is 1. The summed E-state index contributed by atoms with van der Waals surface area (Å²) in [7, 11) is 2.70. The number of rotatable bonds is 5. The van der Waals surface area contributed by atoms with Gasteiger partial charge in [-0.1, -0.05) is 58.5 Å². The van der Waals surface area contributed by atoms with Crippen molar-refractivity contribution in [2.24, 2.45) is 0 Å². The van der Waals surface area contributed by atoms with E-state index in [1.54, 1.807) is 24.3 Å². The third-order valence-corrected chi connectivity index (χ3v) is 4.99. The number of hydrogen-bond donors (Lipinski definition) is 1. The molecule has 11 heteroatoms. The predicted octanol–water partition coefficient (Wildman–Crippen LogP) is 5.97. The minimum Gasteiger partial charge on any atom is -0.496 e. The van der Waals surface area contributed by atoms with Crippen LogP contribution in [0, 0.1) is 10.1 Å². The second-order valence-electron chi connectivity index (χ2n) is 5.85. The van der Waals surface area contributed by atoms with Gasteiger partial charge in [0, 0.05) is 11.1 Å². The molecule has 0 atom stereocenters. The van der Waals surface area contributed by atoms with Gasteiger partial charge in [0.05, 0.1) is 25.2 Å². The van der Waals surface area contributed by atoms with Crippen molar-refractivity contribution in [3.63, 3.8) is 0 Å². The maximum Gasteiger partial charge on any atom is 0.330 e. The number of methoxy groups -OCH3 is 2. The van der Waals surface area contributed by atoms with Gasteiger partial charge in [-0.15, -0.1) is 0 Å². The van der Waals surface area contributed by atoms with Gasteiger partial charge >= 0.3 is 5.82 Å². The minimum absolute atomic E-state index is 0.0319. The molecule has 0 amide bonds. The Morgan fingerprint density at radius 1 is 1.10 bits per heavy atom. The number of halogens is 4. The van der Waals surface area contributed by atoms with E-state index in [0.29, 0.717) is 10.6 Å². The molecule has 0 fully saturated rings. The first kappa shape index (κ1) is 21.5. The molecule has 7 nitrogen and oxygen atoms in total. The Bertz CT molecular complexity index is 1120. The van der Waals surface area contributed by atoms with E-state index in [-0.39, 0.29) is 39.3 Å². The quantitative estimate of drug-likeness (QED) is 0.211. The van der Waals surface area contributed by atoms with Crippen LogP contribution in [0.25, 0.3) is 22.0 Å². The fourth-order valence-corrected chi connectivity index (χ4v) is 3.44. The molecule has 0 saturated carbocycles. The molecule has 1 aromatic heterocycles. The number of nitrogens with one attached hydrogen (secondary N) is 1. The summed E-state index contributed by atoms with van der Waals surface area (Å²) in [5.74, 6) is -1.02. The Hall–Kier alpha value is -2.19. The van der Waals surface area contributed by atoms with E-state index in [9.17, 15) is 14.9 Å². The second kappa shape index (κ2) is 7.91. The molecule has 3 aromatic rings. The number of Topliss-reactive ketones (excluding diaryl/α,β-unsaturated/α-hetero) is 1. The van der Waals surface area contributed by atoms with Crippen LogP contribution >= 0.6 is 46.4 Å². The van der Waals surface area contributed by atoms with Gasteiger partial charge in [-0.05, 0) is 22.6 Å². The highest BCUT2D eigenvalue weighted by Gasteiger charge is 2.39. The highest BCUT2D eigenvalue weighted by atomic mass is 35.6. The molecule has 3 rings (SSSR count). The number of H-pyrrole nitrogens is 1. The molecule has 29 heavy (non-hydrogen) atoms. The molecule has 0 aliphatic carbocycles. The van der Waals surface area contributed by atoms with Gasteiger partial charge in [-0.3, -0.25) is 4.79 Å². The number of alkyl halides is 3. The lowest BCUT2D eigenvalue weighted by Gasteiger charge is -2.14. The summed E-state index contributed by atoms with van der Waals surface area (Å²) < 4.78 is 8.36. The Morgan fingerprint density at radius 3 is 2.17 bits per heavy atom. The summed E-state index contributed by atoms with van der Waals surface area (Å²) in [4.78, 5) is 26.6.